The van der Waals surface area contributed by atoms with Gasteiger partial charge in [0.25, 0.3) is 0 Å². The Morgan fingerprint density at radius 2 is 2.29 bits per heavy atom. The molecule has 76 valence electrons. The molecule has 0 bridgehead atoms. The van der Waals surface area contributed by atoms with Gasteiger partial charge < -0.3 is 5.32 Å². The highest BCUT2D eigenvalue weighted by Gasteiger charge is 1.94. The fourth-order valence-electron chi connectivity index (χ4n) is 0.937. The maximum absolute atomic E-state index is 5.52. The van der Waals surface area contributed by atoms with Crippen LogP contribution in [0.2, 0.25) is 0 Å². The lowest BCUT2D eigenvalue weighted by molar-refractivity contribution is 0.718. The lowest BCUT2D eigenvalue weighted by atomic mass is 10.3. The number of rotatable bonds is 4. The molecule has 0 fully saturated rings. The van der Waals surface area contributed by atoms with Crippen molar-refractivity contribution in [2.24, 2.45) is 0 Å². The van der Waals surface area contributed by atoms with Crippen molar-refractivity contribution in [2.45, 2.75) is 20.4 Å². The fourth-order valence-corrected chi connectivity index (χ4v) is 1.01. The number of hydrogen-bond donors (Lipinski definition) is 1. The van der Waals surface area contributed by atoms with E-state index < -0.39 is 0 Å². The first kappa shape index (κ1) is 11.1. The molecule has 0 amide bonds. The largest absolute Gasteiger partial charge is 0.307 e. The number of nitrogens with zero attached hydrogens (tertiary/aromatic N) is 2. The van der Waals surface area contributed by atoms with Gasteiger partial charge in [0, 0.05) is 31.0 Å². The van der Waals surface area contributed by atoms with Gasteiger partial charge in [-0.05, 0) is 19.4 Å². The van der Waals surface area contributed by atoms with Crippen LogP contribution < -0.4 is 5.32 Å². The molecule has 1 rings (SSSR count). The second-order valence-electron chi connectivity index (χ2n) is 3.21. The van der Waals surface area contributed by atoms with E-state index in [1.165, 1.54) is 0 Å². The summed E-state index contributed by atoms with van der Waals surface area (Å²) in [7, 11) is 0. The molecule has 1 aromatic rings. The van der Waals surface area contributed by atoms with Gasteiger partial charge in [0.1, 0.15) is 0 Å². The zero-order valence-electron chi connectivity index (χ0n) is 8.42. The van der Waals surface area contributed by atoms with Crippen molar-refractivity contribution in [2.75, 3.05) is 6.54 Å². The van der Waals surface area contributed by atoms with E-state index in [0.29, 0.717) is 0 Å². The number of hydrogen-bond acceptors (Lipinski definition) is 3. The predicted octanol–water partition coefficient (Wildman–Crippen LogP) is 2.02. The Hall–Kier alpha value is -0.930. The molecule has 0 aliphatic heterocycles. The van der Waals surface area contributed by atoms with E-state index in [9.17, 15) is 0 Å². The Morgan fingerprint density at radius 1 is 1.50 bits per heavy atom. The first-order valence-electron chi connectivity index (χ1n) is 4.46. The van der Waals surface area contributed by atoms with E-state index in [4.69, 9.17) is 11.6 Å². The van der Waals surface area contributed by atoms with Crippen molar-refractivity contribution in [1.82, 2.24) is 15.3 Å². The maximum atomic E-state index is 5.52. The highest BCUT2D eigenvalue weighted by molar-refractivity contribution is 6.25. The molecule has 0 unspecified atom stereocenters. The minimum atomic E-state index is 0.718. The Morgan fingerprint density at radius 3 is 2.86 bits per heavy atom. The van der Waals surface area contributed by atoms with Crippen molar-refractivity contribution in [3.63, 3.8) is 0 Å². The molecule has 1 heterocycles. The molecule has 3 nitrogen and oxygen atoms in total. The summed E-state index contributed by atoms with van der Waals surface area (Å²) in [5.74, 6) is 0. The van der Waals surface area contributed by atoms with Crippen LogP contribution in [-0.4, -0.2) is 16.5 Å². The van der Waals surface area contributed by atoms with Crippen LogP contribution in [0.1, 0.15) is 18.3 Å². The van der Waals surface area contributed by atoms with Gasteiger partial charge in [-0.15, -0.1) is 0 Å². The summed E-state index contributed by atoms with van der Waals surface area (Å²) in [5.41, 5.74) is 4.56. The average Bonchev–Trinajstić information content (AvgIpc) is 2.21. The number of nitrogens with one attached hydrogen (secondary N) is 1. The van der Waals surface area contributed by atoms with Crippen molar-refractivity contribution < 1.29 is 0 Å². The van der Waals surface area contributed by atoms with Gasteiger partial charge in [-0.3, -0.25) is 9.97 Å². The Balaban J connectivity index is 2.35. The van der Waals surface area contributed by atoms with Crippen LogP contribution in [0.3, 0.4) is 0 Å². The topological polar surface area (TPSA) is 37.8 Å². The maximum Gasteiger partial charge on any atom is 0.0724 e. The van der Waals surface area contributed by atoms with E-state index >= 15 is 0 Å². The quantitative estimate of drug-likeness (QED) is 0.828. The van der Waals surface area contributed by atoms with Gasteiger partial charge in [0.2, 0.25) is 0 Å². The van der Waals surface area contributed by atoms with Crippen molar-refractivity contribution in [3.8, 4) is 0 Å². The Labute approximate surface area is 89.2 Å². The summed E-state index contributed by atoms with van der Waals surface area (Å²) < 4.78 is 0. The minimum Gasteiger partial charge on any atom is -0.307 e. The molecule has 0 saturated carbocycles. The summed E-state index contributed by atoms with van der Waals surface area (Å²) >= 11 is 5.52. The molecule has 4 heteroatoms. The van der Waals surface area contributed by atoms with Gasteiger partial charge in [0.05, 0.1) is 11.4 Å². The van der Waals surface area contributed by atoms with Gasteiger partial charge in [-0.1, -0.05) is 11.6 Å². The molecule has 0 aliphatic rings. The second-order valence-corrected chi connectivity index (χ2v) is 3.43. The summed E-state index contributed by atoms with van der Waals surface area (Å²) in [6.07, 6.45) is 3.54. The van der Waals surface area contributed by atoms with Crippen LogP contribution in [-0.2, 0) is 6.54 Å². The monoisotopic (exact) mass is 211 g/mol. The lowest BCUT2D eigenvalue weighted by Gasteiger charge is -2.03. The fraction of sp³-hybridized carbons (Fsp3) is 0.400. The van der Waals surface area contributed by atoms with E-state index in [-0.39, 0.29) is 0 Å². The molecule has 14 heavy (non-hydrogen) atoms. The normalized spacial score (nSPS) is 11.8. The third-order valence-corrected chi connectivity index (χ3v) is 2.10. The minimum absolute atomic E-state index is 0.718. The number of halogens is 1. The highest BCUT2D eigenvalue weighted by Crippen LogP contribution is 1.95. The van der Waals surface area contributed by atoms with E-state index in [1.54, 1.807) is 17.9 Å². The number of aryl methyl sites for hydroxylation is 1. The first-order chi connectivity index (χ1) is 6.72. The van der Waals surface area contributed by atoms with Crippen LogP contribution in [0, 0.1) is 6.92 Å². The SMILES string of the molecule is CC(=CCl)CNCc1cnc(C)cn1. The molecule has 0 aromatic carbocycles. The summed E-state index contributed by atoms with van der Waals surface area (Å²) in [6, 6.07) is 0. The second kappa shape index (κ2) is 5.73. The van der Waals surface area contributed by atoms with Crippen LogP contribution in [0.4, 0.5) is 0 Å². The Kier molecular flexibility index (Phi) is 4.56. The molecule has 0 spiro atoms. The predicted molar refractivity (Wildman–Crippen MR) is 58.1 cm³/mol. The van der Waals surface area contributed by atoms with E-state index in [0.717, 1.165) is 30.1 Å². The summed E-state index contributed by atoms with van der Waals surface area (Å²) in [4.78, 5) is 8.38. The van der Waals surface area contributed by atoms with Gasteiger partial charge >= 0.3 is 0 Å². The van der Waals surface area contributed by atoms with Gasteiger partial charge in [-0.2, -0.15) is 0 Å². The molecule has 0 saturated heterocycles. The third-order valence-electron chi connectivity index (χ3n) is 1.73. The standard InChI is InChI=1S/C10H14ClN3/c1-8(3-11)4-12-6-10-7-13-9(2)5-14-10/h3,5,7,12H,4,6H2,1-2H3. The molecule has 1 aromatic heterocycles. The zero-order chi connectivity index (χ0) is 10.4. The molecule has 0 radical (unpaired) electrons. The summed E-state index contributed by atoms with van der Waals surface area (Å²) in [5, 5.41) is 3.22. The van der Waals surface area contributed by atoms with Crippen molar-refractivity contribution in [1.29, 1.82) is 0 Å². The summed E-state index contributed by atoms with van der Waals surface area (Å²) in [6.45, 7) is 5.39. The van der Waals surface area contributed by atoms with Crippen LogP contribution in [0.5, 0.6) is 0 Å². The van der Waals surface area contributed by atoms with Crippen molar-refractivity contribution >= 4 is 11.6 Å². The highest BCUT2D eigenvalue weighted by atomic mass is 35.5. The van der Waals surface area contributed by atoms with Crippen LogP contribution >= 0.6 is 11.6 Å². The average molecular weight is 212 g/mol. The molecule has 1 N–H and O–H groups in total. The molecule has 0 atom stereocenters. The van der Waals surface area contributed by atoms with Crippen LogP contribution in [0.25, 0.3) is 0 Å². The van der Waals surface area contributed by atoms with Gasteiger partial charge in [-0.25, -0.2) is 0 Å². The number of aromatic nitrogens is 2. The first-order valence-corrected chi connectivity index (χ1v) is 4.90. The van der Waals surface area contributed by atoms with Crippen LogP contribution in [0.15, 0.2) is 23.5 Å². The Bertz CT molecular complexity index is 306. The molecule has 0 aliphatic carbocycles. The lowest BCUT2D eigenvalue weighted by Crippen LogP contribution is -2.16. The van der Waals surface area contributed by atoms with Gasteiger partial charge in [0.15, 0.2) is 0 Å². The third kappa shape index (κ3) is 3.85. The zero-order valence-corrected chi connectivity index (χ0v) is 9.17. The molecular formula is C10H14ClN3. The van der Waals surface area contributed by atoms with Crippen molar-refractivity contribution in [3.05, 3.63) is 34.9 Å². The van der Waals surface area contributed by atoms with E-state index in [1.807, 2.05) is 13.8 Å². The molecular weight excluding hydrogens is 198 g/mol. The smallest absolute Gasteiger partial charge is 0.0724 e. The van der Waals surface area contributed by atoms with E-state index in [2.05, 4.69) is 15.3 Å².